The van der Waals surface area contributed by atoms with Gasteiger partial charge in [0.25, 0.3) is 0 Å². The average molecular weight is 316 g/mol. The van der Waals surface area contributed by atoms with Crippen LogP contribution in [0.2, 0.25) is 0 Å². The lowest BCUT2D eigenvalue weighted by atomic mass is 9.85. The third-order valence-corrected chi connectivity index (χ3v) is 3.83. The summed E-state index contributed by atoms with van der Waals surface area (Å²) in [5.41, 5.74) is 9.82. The fourth-order valence-corrected chi connectivity index (χ4v) is 2.53. The van der Waals surface area contributed by atoms with Crippen molar-refractivity contribution in [3.8, 4) is 0 Å². The van der Waals surface area contributed by atoms with Crippen molar-refractivity contribution in [2.45, 2.75) is 59.0 Å². The molecule has 1 amide bonds. The van der Waals surface area contributed by atoms with E-state index in [4.69, 9.17) is 10.5 Å². The summed E-state index contributed by atoms with van der Waals surface area (Å²) < 4.78 is 5.43. The first-order valence-electron chi connectivity index (χ1n) is 8.08. The molecule has 0 bridgehead atoms. The van der Waals surface area contributed by atoms with Crippen LogP contribution in [0.3, 0.4) is 0 Å². The highest BCUT2D eigenvalue weighted by Gasteiger charge is 2.26. The summed E-state index contributed by atoms with van der Waals surface area (Å²) in [6, 6.07) is 6.16. The second-order valence-electron chi connectivity index (χ2n) is 8.13. The summed E-state index contributed by atoms with van der Waals surface area (Å²) in [5.74, 6) is 0. The molecule has 2 rings (SSSR count). The SMILES string of the molecule is CC(C)(C)OC(=O)N1C=C(c2cc(C(C)(C)C)ccc2N)CC1. The van der Waals surface area contributed by atoms with Crippen LogP contribution in [0.5, 0.6) is 0 Å². The number of rotatable bonds is 1. The third-order valence-electron chi connectivity index (χ3n) is 3.83. The summed E-state index contributed by atoms with van der Waals surface area (Å²) in [6.07, 6.45) is 2.35. The Bertz CT molecular complexity index is 634. The van der Waals surface area contributed by atoms with Crippen LogP contribution in [0.1, 0.15) is 59.1 Å². The minimum absolute atomic E-state index is 0.0620. The Morgan fingerprint density at radius 2 is 1.83 bits per heavy atom. The zero-order valence-corrected chi connectivity index (χ0v) is 15.1. The average Bonchev–Trinajstić information content (AvgIpc) is 2.85. The first-order chi connectivity index (χ1) is 10.5. The molecule has 23 heavy (non-hydrogen) atoms. The summed E-state index contributed by atoms with van der Waals surface area (Å²) in [7, 11) is 0. The van der Waals surface area contributed by atoms with Crippen molar-refractivity contribution in [3.05, 3.63) is 35.5 Å². The Balaban J connectivity index is 2.26. The molecule has 0 spiro atoms. The van der Waals surface area contributed by atoms with Crippen molar-refractivity contribution in [2.75, 3.05) is 12.3 Å². The predicted molar refractivity (Wildman–Crippen MR) is 95.1 cm³/mol. The van der Waals surface area contributed by atoms with E-state index in [1.54, 1.807) is 4.90 Å². The molecule has 0 radical (unpaired) electrons. The number of nitrogens with zero attached hydrogens (tertiary/aromatic N) is 1. The van der Waals surface area contributed by atoms with Crippen LogP contribution >= 0.6 is 0 Å². The van der Waals surface area contributed by atoms with Crippen molar-refractivity contribution in [3.63, 3.8) is 0 Å². The van der Waals surface area contributed by atoms with Crippen LogP contribution in [0.25, 0.3) is 5.57 Å². The highest BCUT2D eigenvalue weighted by molar-refractivity contribution is 5.81. The molecule has 0 atom stereocenters. The minimum atomic E-state index is -0.487. The second kappa shape index (κ2) is 5.91. The molecule has 0 saturated carbocycles. The number of ether oxygens (including phenoxy) is 1. The number of carbonyl (C=O) groups is 1. The maximum absolute atomic E-state index is 12.2. The summed E-state index contributed by atoms with van der Waals surface area (Å²) in [5, 5.41) is 0. The molecule has 4 heteroatoms. The van der Waals surface area contributed by atoms with Crippen molar-refractivity contribution >= 4 is 17.4 Å². The fourth-order valence-electron chi connectivity index (χ4n) is 2.53. The number of amides is 1. The lowest BCUT2D eigenvalue weighted by Gasteiger charge is -2.23. The number of hydrogen-bond donors (Lipinski definition) is 1. The van der Waals surface area contributed by atoms with E-state index in [1.165, 1.54) is 5.56 Å². The first-order valence-corrected chi connectivity index (χ1v) is 8.08. The Morgan fingerprint density at radius 3 is 2.39 bits per heavy atom. The normalized spacial score (nSPS) is 15.6. The van der Waals surface area contributed by atoms with Gasteiger partial charge in [0.15, 0.2) is 0 Å². The Hall–Kier alpha value is -1.97. The monoisotopic (exact) mass is 316 g/mol. The summed E-state index contributed by atoms with van der Waals surface area (Å²) in [4.78, 5) is 13.8. The van der Waals surface area contributed by atoms with E-state index in [0.717, 1.165) is 23.2 Å². The van der Waals surface area contributed by atoms with Crippen LogP contribution in [-0.2, 0) is 10.2 Å². The Morgan fingerprint density at radius 1 is 1.17 bits per heavy atom. The maximum Gasteiger partial charge on any atom is 0.414 e. The molecular formula is C19H28N2O2. The van der Waals surface area contributed by atoms with Gasteiger partial charge in [0.2, 0.25) is 0 Å². The highest BCUT2D eigenvalue weighted by atomic mass is 16.6. The summed E-state index contributed by atoms with van der Waals surface area (Å²) >= 11 is 0. The maximum atomic E-state index is 12.2. The molecule has 1 aliphatic rings. The lowest BCUT2D eigenvalue weighted by Crippen LogP contribution is -2.32. The molecule has 1 heterocycles. The molecule has 126 valence electrons. The molecule has 0 aliphatic carbocycles. The van der Waals surface area contributed by atoms with Gasteiger partial charge < -0.3 is 10.5 Å². The smallest absolute Gasteiger partial charge is 0.414 e. The van der Waals surface area contributed by atoms with Gasteiger partial charge >= 0.3 is 6.09 Å². The number of hydrogen-bond acceptors (Lipinski definition) is 3. The minimum Gasteiger partial charge on any atom is -0.443 e. The number of anilines is 1. The molecule has 2 N–H and O–H groups in total. The lowest BCUT2D eigenvalue weighted by molar-refractivity contribution is 0.0349. The van der Waals surface area contributed by atoms with Gasteiger partial charge in [0.05, 0.1) is 0 Å². The molecular weight excluding hydrogens is 288 g/mol. The summed E-state index contributed by atoms with van der Waals surface area (Å²) in [6.45, 7) is 12.8. The Kier molecular flexibility index (Phi) is 4.47. The largest absolute Gasteiger partial charge is 0.443 e. The third kappa shape index (κ3) is 4.27. The predicted octanol–water partition coefficient (Wildman–Crippen LogP) is 4.55. The van der Waals surface area contributed by atoms with Gasteiger partial charge in [-0.25, -0.2) is 4.79 Å². The van der Waals surface area contributed by atoms with Crippen molar-refractivity contribution in [2.24, 2.45) is 0 Å². The van der Waals surface area contributed by atoms with Gasteiger partial charge in [0.1, 0.15) is 5.60 Å². The van der Waals surface area contributed by atoms with E-state index in [9.17, 15) is 4.79 Å². The molecule has 1 aliphatic heterocycles. The van der Waals surface area contributed by atoms with E-state index in [0.29, 0.717) is 6.54 Å². The van der Waals surface area contributed by atoms with Gasteiger partial charge in [0, 0.05) is 24.0 Å². The Labute approximate surface area is 139 Å². The van der Waals surface area contributed by atoms with E-state index in [-0.39, 0.29) is 11.5 Å². The van der Waals surface area contributed by atoms with Crippen molar-refractivity contribution in [1.29, 1.82) is 0 Å². The van der Waals surface area contributed by atoms with Crippen LogP contribution in [0.15, 0.2) is 24.4 Å². The number of carbonyl (C=O) groups excluding carboxylic acids is 1. The van der Waals surface area contributed by atoms with Gasteiger partial charge in [-0.15, -0.1) is 0 Å². The van der Waals surface area contributed by atoms with Crippen LogP contribution in [-0.4, -0.2) is 23.1 Å². The van der Waals surface area contributed by atoms with E-state index in [1.807, 2.05) is 33.0 Å². The van der Waals surface area contributed by atoms with Gasteiger partial charge in [-0.05, 0) is 55.9 Å². The molecule has 0 unspecified atom stereocenters. The molecule has 0 aromatic heterocycles. The number of nitrogens with two attached hydrogens (primary N) is 1. The molecule has 1 aromatic carbocycles. The van der Waals surface area contributed by atoms with Crippen LogP contribution in [0, 0.1) is 0 Å². The van der Waals surface area contributed by atoms with Gasteiger partial charge in [-0.1, -0.05) is 26.8 Å². The quantitative estimate of drug-likeness (QED) is 0.773. The molecule has 0 fully saturated rings. The first kappa shape index (κ1) is 17.4. The molecule has 4 nitrogen and oxygen atoms in total. The van der Waals surface area contributed by atoms with E-state index < -0.39 is 5.60 Å². The highest BCUT2D eigenvalue weighted by Crippen LogP contribution is 2.33. The van der Waals surface area contributed by atoms with Gasteiger partial charge in [-0.3, -0.25) is 4.90 Å². The van der Waals surface area contributed by atoms with Crippen molar-refractivity contribution in [1.82, 2.24) is 4.90 Å². The van der Waals surface area contributed by atoms with Gasteiger partial charge in [-0.2, -0.15) is 0 Å². The number of benzene rings is 1. The van der Waals surface area contributed by atoms with E-state index >= 15 is 0 Å². The zero-order chi connectivity index (χ0) is 17.4. The number of nitrogen functional groups attached to an aromatic ring is 1. The van der Waals surface area contributed by atoms with Crippen LogP contribution in [0.4, 0.5) is 10.5 Å². The zero-order valence-electron chi connectivity index (χ0n) is 15.1. The standard InChI is InChI=1S/C19H28N2O2/c1-18(2,3)14-7-8-16(20)15(11-14)13-9-10-21(12-13)17(22)23-19(4,5)6/h7-8,11-12H,9-10,20H2,1-6H3. The topological polar surface area (TPSA) is 55.6 Å². The van der Waals surface area contributed by atoms with E-state index in [2.05, 4.69) is 32.9 Å². The van der Waals surface area contributed by atoms with Crippen LogP contribution < -0.4 is 5.73 Å². The molecule has 1 aromatic rings. The van der Waals surface area contributed by atoms with Crippen molar-refractivity contribution < 1.29 is 9.53 Å². The second-order valence-corrected chi connectivity index (χ2v) is 8.13. The fraction of sp³-hybridized carbons (Fsp3) is 0.526. The molecule has 0 saturated heterocycles.